The van der Waals surface area contributed by atoms with E-state index >= 15 is 0 Å². The van der Waals surface area contributed by atoms with E-state index in [0.29, 0.717) is 46.1 Å². The first-order chi connectivity index (χ1) is 22.3. The number of fused-ring (bicyclic) bond motifs is 1. The third-order valence-corrected chi connectivity index (χ3v) is 8.05. The number of hydrogen-bond donors (Lipinski definition) is 0. The molecule has 5 rings (SSSR count). The summed E-state index contributed by atoms with van der Waals surface area (Å²) in [5, 5.41) is 2.33. The van der Waals surface area contributed by atoms with Crippen LogP contribution in [0.15, 0.2) is 97.1 Å². The van der Waals surface area contributed by atoms with E-state index in [0.717, 1.165) is 28.7 Å². The van der Waals surface area contributed by atoms with Gasteiger partial charge < -0.3 is 28.6 Å². The van der Waals surface area contributed by atoms with Gasteiger partial charge in [0.2, 0.25) is 0 Å². The molecule has 46 heavy (non-hydrogen) atoms. The number of carbonyl (C=O) groups excluding carboxylic acids is 1. The van der Waals surface area contributed by atoms with Gasteiger partial charge >= 0.3 is 6.09 Å². The van der Waals surface area contributed by atoms with E-state index in [1.54, 1.807) is 4.90 Å². The Balaban J connectivity index is 1.27. The zero-order chi connectivity index (χ0) is 32.4. The summed E-state index contributed by atoms with van der Waals surface area (Å²) in [5.74, 6) is 0.716. The summed E-state index contributed by atoms with van der Waals surface area (Å²) in [4.78, 5) is 15.0. The molecule has 1 heterocycles. The van der Waals surface area contributed by atoms with E-state index in [9.17, 15) is 4.79 Å². The van der Waals surface area contributed by atoms with Gasteiger partial charge in [0.25, 0.3) is 0 Å². The third kappa shape index (κ3) is 9.32. The summed E-state index contributed by atoms with van der Waals surface area (Å²) >= 11 is 0. The highest BCUT2D eigenvalue weighted by atomic mass is 16.6. The molecule has 0 bridgehead atoms. The number of nitrogens with zero attached hydrogens (tertiary/aromatic N) is 1. The molecule has 4 aromatic rings. The van der Waals surface area contributed by atoms with E-state index in [2.05, 4.69) is 54.6 Å². The van der Waals surface area contributed by atoms with Gasteiger partial charge in [-0.1, -0.05) is 84.9 Å². The standard InChI is InChI=1S/C39H47NO6/c1-5-43-35-25-40(38(41)46-39(2,3)4)26-36(45-28-32-17-11-16-30-15-9-10-18-34(30)32)37(35)31-19-21-33(22-20-31)44-24-12-23-42-27-29-13-7-6-8-14-29/h6-11,13-22,35-37H,5,12,23-28H2,1-4H3/t35-,36+,37+/m1/s1. The van der Waals surface area contributed by atoms with Crippen LogP contribution < -0.4 is 4.74 Å². The molecular weight excluding hydrogens is 578 g/mol. The Kier molecular flexibility index (Phi) is 11.7. The van der Waals surface area contributed by atoms with Gasteiger partial charge in [0.15, 0.2) is 0 Å². The lowest BCUT2D eigenvalue weighted by atomic mass is 9.84. The van der Waals surface area contributed by atoms with Crippen LogP contribution in [0.3, 0.4) is 0 Å². The predicted octanol–water partition coefficient (Wildman–Crippen LogP) is 8.15. The fourth-order valence-electron chi connectivity index (χ4n) is 5.92. The van der Waals surface area contributed by atoms with E-state index in [1.807, 2.05) is 70.2 Å². The van der Waals surface area contributed by atoms with Gasteiger partial charge in [-0.15, -0.1) is 0 Å². The molecule has 7 heteroatoms. The van der Waals surface area contributed by atoms with Crippen molar-refractivity contribution in [3.63, 3.8) is 0 Å². The minimum Gasteiger partial charge on any atom is -0.494 e. The summed E-state index contributed by atoms with van der Waals surface area (Å²) in [7, 11) is 0. The molecule has 3 atom stereocenters. The van der Waals surface area contributed by atoms with Crippen LogP contribution in [-0.2, 0) is 32.2 Å². The average Bonchev–Trinajstić information content (AvgIpc) is 3.05. The van der Waals surface area contributed by atoms with Crippen molar-refractivity contribution in [1.82, 2.24) is 4.90 Å². The minimum absolute atomic E-state index is 0.0888. The normalized spacial score (nSPS) is 18.4. The van der Waals surface area contributed by atoms with Crippen LogP contribution >= 0.6 is 0 Å². The van der Waals surface area contributed by atoms with Crippen molar-refractivity contribution in [3.8, 4) is 5.75 Å². The van der Waals surface area contributed by atoms with Crippen LogP contribution in [0.2, 0.25) is 0 Å². The van der Waals surface area contributed by atoms with Crippen LogP contribution in [0.25, 0.3) is 10.8 Å². The number of benzene rings is 4. The molecule has 0 aliphatic carbocycles. The molecule has 0 N–H and O–H groups in total. The maximum absolute atomic E-state index is 13.3. The second-order valence-corrected chi connectivity index (χ2v) is 12.7. The Bertz CT molecular complexity index is 1510. The number of hydrogen-bond acceptors (Lipinski definition) is 6. The first kappa shape index (κ1) is 33.5. The van der Waals surface area contributed by atoms with E-state index in [4.69, 9.17) is 23.7 Å². The first-order valence-corrected chi connectivity index (χ1v) is 16.3. The molecule has 1 aliphatic rings. The number of ether oxygens (including phenoxy) is 5. The molecule has 1 aliphatic heterocycles. The van der Waals surface area contributed by atoms with Crippen molar-refractivity contribution >= 4 is 16.9 Å². The molecule has 0 radical (unpaired) electrons. The van der Waals surface area contributed by atoms with Crippen molar-refractivity contribution < 1.29 is 28.5 Å². The molecule has 0 saturated carbocycles. The maximum atomic E-state index is 13.3. The summed E-state index contributed by atoms with van der Waals surface area (Å²) < 4.78 is 30.6. The lowest BCUT2D eigenvalue weighted by molar-refractivity contribution is -0.0938. The number of likely N-dealkylation sites (tertiary alicyclic amines) is 1. The molecular formula is C39H47NO6. The van der Waals surface area contributed by atoms with Gasteiger partial charge in [0.05, 0.1) is 51.7 Å². The van der Waals surface area contributed by atoms with Crippen LogP contribution in [0.4, 0.5) is 4.79 Å². The van der Waals surface area contributed by atoms with Gasteiger partial charge in [0, 0.05) is 18.9 Å². The van der Waals surface area contributed by atoms with Crippen molar-refractivity contribution in [3.05, 3.63) is 114 Å². The number of carbonyl (C=O) groups is 1. The predicted molar refractivity (Wildman–Crippen MR) is 181 cm³/mol. The Morgan fingerprint density at radius 3 is 2.22 bits per heavy atom. The lowest BCUT2D eigenvalue weighted by Crippen LogP contribution is -2.55. The molecule has 0 spiro atoms. The van der Waals surface area contributed by atoms with E-state index in [-0.39, 0.29) is 24.2 Å². The third-order valence-electron chi connectivity index (χ3n) is 8.05. The van der Waals surface area contributed by atoms with Crippen molar-refractivity contribution in [1.29, 1.82) is 0 Å². The summed E-state index contributed by atoms with van der Waals surface area (Å²) in [6.45, 7) is 11.2. The van der Waals surface area contributed by atoms with Gasteiger partial charge in [-0.05, 0) is 67.3 Å². The lowest BCUT2D eigenvalue weighted by Gasteiger charge is -2.43. The van der Waals surface area contributed by atoms with E-state index < -0.39 is 5.60 Å². The second-order valence-electron chi connectivity index (χ2n) is 12.7. The zero-order valence-corrected chi connectivity index (χ0v) is 27.5. The number of piperidine rings is 1. The second kappa shape index (κ2) is 16.1. The Morgan fingerprint density at radius 2 is 1.48 bits per heavy atom. The largest absolute Gasteiger partial charge is 0.494 e. The fraction of sp³-hybridized carbons (Fsp3) is 0.410. The summed E-state index contributed by atoms with van der Waals surface area (Å²) in [6, 6.07) is 33.0. The molecule has 7 nitrogen and oxygen atoms in total. The Labute approximate surface area is 273 Å². The quantitative estimate of drug-likeness (QED) is 0.140. The van der Waals surface area contributed by atoms with Crippen LogP contribution in [0.1, 0.15) is 56.7 Å². The van der Waals surface area contributed by atoms with Gasteiger partial charge in [-0.2, -0.15) is 0 Å². The molecule has 0 unspecified atom stereocenters. The van der Waals surface area contributed by atoms with Gasteiger partial charge in [-0.25, -0.2) is 4.79 Å². The zero-order valence-electron chi connectivity index (χ0n) is 27.5. The van der Waals surface area contributed by atoms with Crippen molar-refractivity contribution in [2.45, 2.75) is 71.1 Å². The molecule has 1 saturated heterocycles. The smallest absolute Gasteiger partial charge is 0.410 e. The highest BCUT2D eigenvalue weighted by Gasteiger charge is 2.42. The maximum Gasteiger partial charge on any atom is 0.410 e. The minimum atomic E-state index is -0.599. The van der Waals surface area contributed by atoms with Gasteiger partial charge in [-0.3, -0.25) is 0 Å². The molecule has 1 amide bonds. The molecule has 244 valence electrons. The summed E-state index contributed by atoms with van der Waals surface area (Å²) in [6.07, 6.45) is -0.137. The van der Waals surface area contributed by atoms with Crippen LogP contribution in [0.5, 0.6) is 5.75 Å². The molecule has 1 fully saturated rings. The van der Waals surface area contributed by atoms with Gasteiger partial charge in [0.1, 0.15) is 11.4 Å². The van der Waals surface area contributed by atoms with E-state index in [1.165, 1.54) is 10.9 Å². The summed E-state index contributed by atoms with van der Waals surface area (Å²) in [5.41, 5.74) is 2.76. The van der Waals surface area contributed by atoms with Crippen molar-refractivity contribution in [2.75, 3.05) is 32.9 Å². The topological polar surface area (TPSA) is 66.5 Å². The highest BCUT2D eigenvalue weighted by molar-refractivity contribution is 5.85. The molecule has 4 aromatic carbocycles. The fourth-order valence-corrected chi connectivity index (χ4v) is 5.92. The highest BCUT2D eigenvalue weighted by Crippen LogP contribution is 2.35. The number of rotatable bonds is 13. The molecule has 0 aromatic heterocycles. The Morgan fingerprint density at radius 1 is 0.783 bits per heavy atom. The number of amides is 1. The van der Waals surface area contributed by atoms with Crippen molar-refractivity contribution in [2.24, 2.45) is 0 Å². The first-order valence-electron chi connectivity index (χ1n) is 16.3. The SMILES string of the molecule is CCO[C@@H]1CN(C(=O)OC(C)(C)C)C[C@H](OCc2cccc3ccccc23)[C@H]1c1ccc(OCCCOCc2ccccc2)cc1. The van der Waals surface area contributed by atoms with Crippen LogP contribution in [-0.4, -0.2) is 61.7 Å². The van der Waals surface area contributed by atoms with Crippen LogP contribution in [0, 0.1) is 0 Å². The average molecular weight is 626 g/mol. The monoisotopic (exact) mass is 625 g/mol. The Hall–Kier alpha value is -3.91.